The lowest BCUT2D eigenvalue weighted by Crippen LogP contribution is -2.48. The number of hydrogen-bond acceptors (Lipinski definition) is 5. The van der Waals surface area contributed by atoms with Crippen LogP contribution in [0.15, 0.2) is 46.2 Å². The minimum absolute atomic E-state index is 0.0621. The molecule has 0 aromatic heterocycles. The van der Waals surface area contributed by atoms with Crippen LogP contribution in [0, 0.1) is 5.82 Å². The Morgan fingerprint density at radius 1 is 1.14 bits per heavy atom. The molecule has 0 radical (unpaired) electrons. The first-order chi connectivity index (χ1) is 13.5. The second-order valence-electron chi connectivity index (χ2n) is 7.48. The van der Waals surface area contributed by atoms with Gasteiger partial charge in [-0.15, -0.1) is 0 Å². The van der Waals surface area contributed by atoms with E-state index in [4.69, 9.17) is 0 Å². The van der Waals surface area contributed by atoms with E-state index in [1.165, 1.54) is 6.07 Å². The van der Waals surface area contributed by atoms with Gasteiger partial charge < -0.3 is 5.11 Å². The van der Waals surface area contributed by atoms with Crippen LogP contribution >= 0.6 is 11.8 Å². The first-order valence-corrected chi connectivity index (χ1v) is 10.5. The molecular formula is C22H25FN2O2S. The molecule has 2 aromatic carbocycles. The molecule has 0 saturated carbocycles. The summed E-state index contributed by atoms with van der Waals surface area (Å²) in [4.78, 5) is 18.8. The highest BCUT2D eigenvalue weighted by Crippen LogP contribution is 2.43. The van der Waals surface area contributed by atoms with Gasteiger partial charge in [0.2, 0.25) is 0 Å². The molecule has 6 heteroatoms. The molecule has 2 aromatic rings. The van der Waals surface area contributed by atoms with Crippen LogP contribution in [0.25, 0.3) is 0 Å². The molecule has 28 heavy (non-hydrogen) atoms. The Balaban J connectivity index is 1.71. The Bertz CT molecular complexity index is 881. The van der Waals surface area contributed by atoms with Gasteiger partial charge in [0.1, 0.15) is 5.82 Å². The van der Waals surface area contributed by atoms with Crippen LogP contribution in [0.5, 0.6) is 0 Å². The second kappa shape index (κ2) is 8.33. The number of aliphatic hydroxyl groups is 1. The first-order valence-electron chi connectivity index (χ1n) is 9.73. The molecule has 0 aliphatic carbocycles. The van der Waals surface area contributed by atoms with E-state index in [0.717, 1.165) is 59.1 Å². The van der Waals surface area contributed by atoms with Crippen molar-refractivity contribution in [2.45, 2.75) is 29.2 Å². The molecule has 148 valence electrons. The minimum Gasteiger partial charge on any atom is -0.395 e. The van der Waals surface area contributed by atoms with Crippen molar-refractivity contribution in [1.82, 2.24) is 9.80 Å². The molecular weight excluding hydrogens is 375 g/mol. The quantitative estimate of drug-likeness (QED) is 0.797. The summed E-state index contributed by atoms with van der Waals surface area (Å²) in [6.45, 7) is 6.15. The Labute approximate surface area is 169 Å². The second-order valence-corrected chi connectivity index (χ2v) is 8.57. The van der Waals surface area contributed by atoms with Crippen molar-refractivity contribution in [3.63, 3.8) is 0 Å². The summed E-state index contributed by atoms with van der Waals surface area (Å²) in [5.74, 6) is -0.156. The van der Waals surface area contributed by atoms with Crippen LogP contribution in [-0.2, 0) is 6.42 Å². The molecule has 1 N–H and O–H groups in total. The molecule has 2 heterocycles. The molecule has 0 spiro atoms. The van der Waals surface area contributed by atoms with Gasteiger partial charge in [-0.1, -0.05) is 23.9 Å². The van der Waals surface area contributed by atoms with Gasteiger partial charge in [-0.05, 0) is 48.7 Å². The van der Waals surface area contributed by atoms with Gasteiger partial charge >= 0.3 is 0 Å². The number of hydrogen-bond donors (Lipinski definition) is 1. The van der Waals surface area contributed by atoms with Crippen LogP contribution in [0.1, 0.15) is 34.5 Å². The highest BCUT2D eigenvalue weighted by Gasteiger charge is 2.30. The van der Waals surface area contributed by atoms with E-state index in [1.807, 2.05) is 24.3 Å². The monoisotopic (exact) mass is 400 g/mol. The highest BCUT2D eigenvalue weighted by molar-refractivity contribution is 7.99. The molecule has 4 rings (SSSR count). The van der Waals surface area contributed by atoms with Crippen molar-refractivity contribution < 1.29 is 14.3 Å². The fourth-order valence-corrected chi connectivity index (χ4v) is 5.26. The highest BCUT2D eigenvalue weighted by atomic mass is 32.2. The Kier molecular flexibility index (Phi) is 5.83. The first kappa shape index (κ1) is 19.6. The van der Waals surface area contributed by atoms with Crippen LogP contribution in [0.3, 0.4) is 0 Å². The van der Waals surface area contributed by atoms with E-state index in [2.05, 4.69) is 9.80 Å². The zero-order valence-electron chi connectivity index (χ0n) is 16.0. The average Bonchev–Trinajstić information content (AvgIpc) is 2.84. The third-order valence-corrected chi connectivity index (χ3v) is 6.89. The fraction of sp³-hybridized carbons (Fsp3) is 0.409. The summed E-state index contributed by atoms with van der Waals surface area (Å²) in [7, 11) is 0. The van der Waals surface area contributed by atoms with E-state index >= 15 is 0 Å². The number of fused-ring (bicyclic) bond motifs is 2. The molecule has 1 fully saturated rings. The fourth-order valence-electron chi connectivity index (χ4n) is 4.12. The van der Waals surface area contributed by atoms with Gasteiger partial charge in [-0.2, -0.15) is 0 Å². The third-order valence-electron chi connectivity index (χ3n) is 5.70. The van der Waals surface area contributed by atoms with Crippen molar-refractivity contribution in [3.05, 3.63) is 58.9 Å². The van der Waals surface area contributed by atoms with Crippen molar-refractivity contribution in [1.29, 1.82) is 0 Å². The predicted molar refractivity (Wildman–Crippen MR) is 109 cm³/mol. The SMILES string of the molecule is CC(=O)c1ccc2c(c1)C(N1CCN(CCO)CC1)Cc1ccc(F)cc1S2. The Morgan fingerprint density at radius 2 is 1.93 bits per heavy atom. The summed E-state index contributed by atoms with van der Waals surface area (Å²) >= 11 is 1.59. The van der Waals surface area contributed by atoms with E-state index < -0.39 is 0 Å². The van der Waals surface area contributed by atoms with Gasteiger partial charge in [0.25, 0.3) is 0 Å². The number of Topliss-reactive ketones (excluding diaryl/α,β-unsaturated/α-hetero) is 1. The van der Waals surface area contributed by atoms with Gasteiger partial charge in [0, 0.05) is 54.1 Å². The molecule has 2 aliphatic rings. The number of nitrogens with zero attached hydrogens (tertiary/aromatic N) is 2. The summed E-state index contributed by atoms with van der Waals surface area (Å²) in [5, 5.41) is 9.19. The number of halogens is 1. The Morgan fingerprint density at radius 3 is 2.64 bits per heavy atom. The minimum atomic E-state index is -0.218. The third kappa shape index (κ3) is 4.01. The van der Waals surface area contributed by atoms with E-state index in [1.54, 1.807) is 24.8 Å². The maximum absolute atomic E-state index is 13.8. The maximum Gasteiger partial charge on any atom is 0.159 e. The van der Waals surface area contributed by atoms with Gasteiger partial charge in [0.05, 0.1) is 6.61 Å². The molecule has 0 bridgehead atoms. The smallest absolute Gasteiger partial charge is 0.159 e. The molecule has 0 amide bonds. The average molecular weight is 401 g/mol. The topological polar surface area (TPSA) is 43.8 Å². The van der Waals surface area contributed by atoms with Crippen molar-refractivity contribution in [3.8, 4) is 0 Å². The van der Waals surface area contributed by atoms with Crippen LogP contribution in [-0.4, -0.2) is 60.0 Å². The lowest BCUT2D eigenvalue weighted by atomic mass is 9.94. The molecule has 1 saturated heterocycles. The zero-order chi connectivity index (χ0) is 19.7. The number of β-amino-alcohol motifs (C(OH)–C–C–N with tert-alkyl or cyclic N) is 1. The zero-order valence-corrected chi connectivity index (χ0v) is 16.8. The summed E-state index contributed by atoms with van der Waals surface area (Å²) < 4.78 is 13.8. The molecule has 1 unspecified atom stereocenters. The molecule has 1 atom stereocenters. The standard InChI is InChI=1S/C22H25FN2O2S/c1-15(27)16-3-5-21-19(12-16)20(25-8-6-24(7-9-25)10-11-26)13-17-2-4-18(23)14-22(17)28-21/h2-5,12,14,20,26H,6-11,13H2,1H3. The van der Waals surface area contributed by atoms with Crippen molar-refractivity contribution >= 4 is 17.5 Å². The van der Waals surface area contributed by atoms with Crippen LogP contribution in [0.2, 0.25) is 0 Å². The van der Waals surface area contributed by atoms with E-state index in [0.29, 0.717) is 6.54 Å². The molecule has 2 aliphatic heterocycles. The number of carbonyl (C=O) groups excluding carboxylic acids is 1. The summed E-state index contributed by atoms with van der Waals surface area (Å²) in [6, 6.07) is 11.1. The normalized spacial score (nSPS) is 20.3. The van der Waals surface area contributed by atoms with Crippen LogP contribution < -0.4 is 0 Å². The number of benzene rings is 2. The maximum atomic E-state index is 13.8. The number of ketones is 1. The molecule has 4 nitrogen and oxygen atoms in total. The van der Waals surface area contributed by atoms with Crippen molar-refractivity contribution in [2.24, 2.45) is 0 Å². The number of rotatable bonds is 4. The lowest BCUT2D eigenvalue weighted by Gasteiger charge is -2.39. The van der Waals surface area contributed by atoms with E-state index in [-0.39, 0.29) is 24.2 Å². The number of aliphatic hydroxyl groups excluding tert-OH is 1. The summed E-state index contributed by atoms with van der Waals surface area (Å²) in [5.41, 5.74) is 3.03. The van der Waals surface area contributed by atoms with Gasteiger partial charge in [0.15, 0.2) is 5.78 Å². The number of piperazine rings is 1. The number of carbonyl (C=O) groups is 1. The lowest BCUT2D eigenvalue weighted by molar-refractivity contribution is 0.0823. The van der Waals surface area contributed by atoms with Crippen LogP contribution in [0.4, 0.5) is 4.39 Å². The predicted octanol–water partition coefficient (Wildman–Crippen LogP) is 3.39. The Hall–Kier alpha value is -1.73. The summed E-state index contributed by atoms with van der Waals surface area (Å²) in [6.07, 6.45) is 0.803. The van der Waals surface area contributed by atoms with Gasteiger partial charge in [-0.3, -0.25) is 14.6 Å². The van der Waals surface area contributed by atoms with Gasteiger partial charge in [-0.25, -0.2) is 4.39 Å². The largest absolute Gasteiger partial charge is 0.395 e. The van der Waals surface area contributed by atoms with E-state index in [9.17, 15) is 14.3 Å². The van der Waals surface area contributed by atoms with Crippen molar-refractivity contribution in [2.75, 3.05) is 39.3 Å².